The Morgan fingerprint density at radius 3 is 2.62 bits per heavy atom. The minimum absolute atomic E-state index is 0.320. The van der Waals surface area contributed by atoms with E-state index in [1.165, 1.54) is 4.90 Å². The molecule has 4 heteroatoms. The molecule has 2 nitrogen and oxygen atoms in total. The highest BCUT2D eigenvalue weighted by molar-refractivity contribution is 7.99. The summed E-state index contributed by atoms with van der Waals surface area (Å²) in [6.45, 7) is 2.04. The van der Waals surface area contributed by atoms with Gasteiger partial charge in [0.15, 0.2) is 0 Å². The van der Waals surface area contributed by atoms with Crippen molar-refractivity contribution in [2.75, 3.05) is 5.75 Å². The van der Waals surface area contributed by atoms with Crippen LogP contribution in [0.3, 0.4) is 0 Å². The smallest absolute Gasteiger partial charge is 0.0406 e. The van der Waals surface area contributed by atoms with Crippen LogP contribution in [-0.4, -0.2) is 11.8 Å². The van der Waals surface area contributed by atoms with Gasteiger partial charge >= 0.3 is 0 Å². The SMILES string of the molecule is CC(CSc1ccc(Cl)cc1)NN. The Morgan fingerprint density at radius 1 is 1.46 bits per heavy atom. The molecule has 13 heavy (non-hydrogen) atoms. The van der Waals surface area contributed by atoms with E-state index in [4.69, 9.17) is 17.4 Å². The highest BCUT2D eigenvalue weighted by Gasteiger charge is 1.99. The Hall–Kier alpha value is -0.220. The van der Waals surface area contributed by atoms with Crippen molar-refractivity contribution >= 4 is 23.4 Å². The second-order valence-corrected chi connectivity index (χ2v) is 4.36. The molecule has 0 aromatic heterocycles. The standard InChI is InChI=1S/C9H13ClN2S/c1-7(12-11)6-13-9-4-2-8(10)3-5-9/h2-5,7,12H,6,11H2,1H3. The number of rotatable bonds is 4. The van der Waals surface area contributed by atoms with Crippen molar-refractivity contribution in [2.24, 2.45) is 5.84 Å². The van der Waals surface area contributed by atoms with Crippen LogP contribution in [0.5, 0.6) is 0 Å². The molecule has 1 atom stereocenters. The lowest BCUT2D eigenvalue weighted by atomic mass is 10.4. The zero-order valence-electron chi connectivity index (χ0n) is 7.46. The first-order valence-electron chi connectivity index (χ1n) is 4.07. The number of hydrazine groups is 1. The zero-order valence-corrected chi connectivity index (χ0v) is 9.03. The molecule has 0 aliphatic heterocycles. The summed E-state index contributed by atoms with van der Waals surface area (Å²) in [6.07, 6.45) is 0. The Bertz CT molecular complexity index is 250. The molecule has 0 aliphatic carbocycles. The Labute approximate surface area is 87.8 Å². The Balaban J connectivity index is 2.41. The molecule has 1 unspecified atom stereocenters. The maximum Gasteiger partial charge on any atom is 0.0406 e. The highest BCUT2D eigenvalue weighted by Crippen LogP contribution is 2.20. The molecule has 0 bridgehead atoms. The average Bonchev–Trinajstić information content (AvgIpc) is 2.16. The fourth-order valence-electron chi connectivity index (χ4n) is 0.800. The molecule has 0 amide bonds. The van der Waals surface area contributed by atoms with Crippen LogP contribution in [-0.2, 0) is 0 Å². The molecule has 0 saturated carbocycles. The van der Waals surface area contributed by atoms with Crippen LogP contribution in [0.4, 0.5) is 0 Å². The van der Waals surface area contributed by atoms with E-state index in [-0.39, 0.29) is 0 Å². The van der Waals surface area contributed by atoms with Crippen LogP contribution >= 0.6 is 23.4 Å². The molecule has 72 valence electrons. The number of nitrogens with one attached hydrogen (secondary N) is 1. The van der Waals surface area contributed by atoms with Crippen LogP contribution in [0, 0.1) is 0 Å². The predicted octanol–water partition coefficient (Wildman–Crippen LogP) is 2.28. The molecule has 0 aliphatic rings. The monoisotopic (exact) mass is 216 g/mol. The van der Waals surface area contributed by atoms with E-state index in [0.717, 1.165) is 10.8 Å². The second kappa shape index (κ2) is 5.50. The van der Waals surface area contributed by atoms with Crippen LogP contribution in [0.2, 0.25) is 5.02 Å². The molecule has 1 aromatic rings. The fraction of sp³-hybridized carbons (Fsp3) is 0.333. The van der Waals surface area contributed by atoms with E-state index >= 15 is 0 Å². The van der Waals surface area contributed by atoms with Gasteiger partial charge in [-0.2, -0.15) is 0 Å². The number of benzene rings is 1. The summed E-state index contributed by atoms with van der Waals surface area (Å²) in [6, 6.07) is 8.13. The van der Waals surface area contributed by atoms with Gasteiger partial charge in [0.25, 0.3) is 0 Å². The maximum atomic E-state index is 5.76. The van der Waals surface area contributed by atoms with Crippen molar-refractivity contribution in [3.63, 3.8) is 0 Å². The van der Waals surface area contributed by atoms with Crippen LogP contribution < -0.4 is 11.3 Å². The van der Waals surface area contributed by atoms with Crippen molar-refractivity contribution in [3.05, 3.63) is 29.3 Å². The van der Waals surface area contributed by atoms with E-state index in [2.05, 4.69) is 5.43 Å². The molecule has 0 saturated heterocycles. The van der Waals surface area contributed by atoms with Crippen LogP contribution in [0.15, 0.2) is 29.2 Å². The number of halogens is 1. The van der Waals surface area contributed by atoms with Crippen molar-refractivity contribution < 1.29 is 0 Å². The molecule has 3 N–H and O–H groups in total. The van der Waals surface area contributed by atoms with Crippen molar-refractivity contribution in [2.45, 2.75) is 17.9 Å². The minimum atomic E-state index is 0.320. The molecule has 0 heterocycles. The van der Waals surface area contributed by atoms with Gasteiger partial charge in [0.05, 0.1) is 0 Å². The molecule has 1 rings (SSSR count). The summed E-state index contributed by atoms with van der Waals surface area (Å²) in [4.78, 5) is 1.21. The van der Waals surface area contributed by atoms with Crippen molar-refractivity contribution in [3.8, 4) is 0 Å². The first kappa shape index (κ1) is 10.9. The Morgan fingerprint density at radius 2 is 2.08 bits per heavy atom. The van der Waals surface area contributed by atoms with Crippen molar-refractivity contribution in [1.29, 1.82) is 0 Å². The van der Waals surface area contributed by atoms with Gasteiger partial charge < -0.3 is 0 Å². The molecular weight excluding hydrogens is 204 g/mol. The first-order valence-corrected chi connectivity index (χ1v) is 5.43. The quantitative estimate of drug-likeness (QED) is 0.461. The lowest BCUT2D eigenvalue weighted by Crippen LogP contribution is -2.34. The highest BCUT2D eigenvalue weighted by atomic mass is 35.5. The van der Waals surface area contributed by atoms with E-state index in [0.29, 0.717) is 6.04 Å². The number of hydrogen-bond donors (Lipinski definition) is 2. The third-order valence-corrected chi connectivity index (χ3v) is 3.12. The molecule has 0 fully saturated rings. The van der Waals surface area contributed by atoms with Crippen molar-refractivity contribution in [1.82, 2.24) is 5.43 Å². The second-order valence-electron chi connectivity index (χ2n) is 2.83. The van der Waals surface area contributed by atoms with Gasteiger partial charge in [-0.25, -0.2) is 0 Å². The first-order chi connectivity index (χ1) is 6.22. The van der Waals surface area contributed by atoms with Gasteiger partial charge in [0.1, 0.15) is 0 Å². The normalized spacial score (nSPS) is 12.8. The lowest BCUT2D eigenvalue weighted by Gasteiger charge is -2.08. The van der Waals surface area contributed by atoms with Crippen LogP contribution in [0.25, 0.3) is 0 Å². The number of nitrogens with two attached hydrogens (primary N) is 1. The maximum absolute atomic E-state index is 5.76. The van der Waals surface area contributed by atoms with Gasteiger partial charge in [-0.15, -0.1) is 11.8 Å². The summed E-state index contributed by atoms with van der Waals surface area (Å²) in [7, 11) is 0. The Kier molecular flexibility index (Phi) is 4.59. The summed E-state index contributed by atoms with van der Waals surface area (Å²) >= 11 is 7.52. The number of thioether (sulfide) groups is 1. The number of hydrogen-bond acceptors (Lipinski definition) is 3. The van der Waals surface area contributed by atoms with E-state index < -0.39 is 0 Å². The largest absolute Gasteiger partial charge is 0.271 e. The molecule has 1 aromatic carbocycles. The average molecular weight is 217 g/mol. The van der Waals surface area contributed by atoms with Gasteiger partial charge in [-0.3, -0.25) is 11.3 Å². The van der Waals surface area contributed by atoms with E-state index in [9.17, 15) is 0 Å². The summed E-state index contributed by atoms with van der Waals surface area (Å²) in [5, 5.41) is 0.773. The third kappa shape index (κ3) is 4.00. The third-order valence-electron chi connectivity index (χ3n) is 1.60. The molecule has 0 radical (unpaired) electrons. The van der Waals surface area contributed by atoms with Gasteiger partial charge in [0, 0.05) is 21.7 Å². The van der Waals surface area contributed by atoms with E-state index in [1.807, 2.05) is 31.2 Å². The summed E-state index contributed by atoms with van der Waals surface area (Å²) in [5.74, 6) is 6.23. The topological polar surface area (TPSA) is 38.0 Å². The van der Waals surface area contributed by atoms with E-state index in [1.54, 1.807) is 11.8 Å². The van der Waals surface area contributed by atoms with Gasteiger partial charge in [-0.05, 0) is 31.2 Å². The van der Waals surface area contributed by atoms with Gasteiger partial charge in [0.2, 0.25) is 0 Å². The lowest BCUT2D eigenvalue weighted by molar-refractivity contribution is 0.625. The van der Waals surface area contributed by atoms with Crippen LogP contribution in [0.1, 0.15) is 6.92 Å². The fourth-order valence-corrected chi connectivity index (χ4v) is 1.79. The predicted molar refractivity (Wildman–Crippen MR) is 59.0 cm³/mol. The molecular formula is C9H13ClN2S. The zero-order chi connectivity index (χ0) is 9.68. The van der Waals surface area contributed by atoms with Gasteiger partial charge in [-0.1, -0.05) is 11.6 Å². The molecule has 0 spiro atoms. The minimum Gasteiger partial charge on any atom is -0.271 e. The summed E-state index contributed by atoms with van der Waals surface area (Å²) < 4.78 is 0. The summed E-state index contributed by atoms with van der Waals surface area (Å²) in [5.41, 5.74) is 2.70.